The normalized spacial score (nSPS) is 20.0. The molecule has 1 saturated heterocycles. The van der Waals surface area contributed by atoms with Crippen molar-refractivity contribution in [3.63, 3.8) is 0 Å². The molecule has 0 bridgehead atoms. The summed E-state index contributed by atoms with van der Waals surface area (Å²) in [6.45, 7) is 0.623. The molecule has 1 aliphatic heterocycles. The molecule has 0 spiro atoms. The lowest BCUT2D eigenvalue weighted by atomic mass is 10.0. The molecule has 0 atom stereocenters. The quantitative estimate of drug-likeness (QED) is 0.858. The van der Waals surface area contributed by atoms with E-state index >= 15 is 0 Å². The van der Waals surface area contributed by atoms with Crippen LogP contribution in [0.5, 0.6) is 0 Å². The van der Waals surface area contributed by atoms with Crippen LogP contribution in [0.15, 0.2) is 33.7 Å². The molecule has 2 aromatic rings. The van der Waals surface area contributed by atoms with Crippen LogP contribution in [0, 0.1) is 5.82 Å². The van der Waals surface area contributed by atoms with Gasteiger partial charge in [-0.15, -0.1) is 0 Å². The van der Waals surface area contributed by atoms with Gasteiger partial charge in [0.2, 0.25) is 15.9 Å². The Hall–Kier alpha value is -1.80. The van der Waals surface area contributed by atoms with Gasteiger partial charge in [-0.1, -0.05) is 5.16 Å². The molecule has 1 aliphatic carbocycles. The molecule has 2 aliphatic rings. The van der Waals surface area contributed by atoms with Gasteiger partial charge in [-0.05, 0) is 37.1 Å². The summed E-state index contributed by atoms with van der Waals surface area (Å²) in [6.07, 6.45) is 2.18. The molecule has 0 N–H and O–H groups in total. The molecule has 2 fully saturated rings. The van der Waals surface area contributed by atoms with E-state index in [-0.39, 0.29) is 10.8 Å². The molecule has 4 rings (SSSR count). The SMILES string of the molecule is O=S(=O)(c1ccc(F)cc1)N1CC(c2nc(C3CC3)no2)C1. The van der Waals surface area contributed by atoms with Crippen LogP contribution in [-0.4, -0.2) is 36.0 Å². The maximum absolute atomic E-state index is 12.9. The second-order valence-electron chi connectivity index (χ2n) is 5.74. The predicted molar refractivity (Wildman–Crippen MR) is 74.2 cm³/mol. The van der Waals surface area contributed by atoms with Gasteiger partial charge in [0.25, 0.3) is 0 Å². The summed E-state index contributed by atoms with van der Waals surface area (Å²) < 4.78 is 44.2. The van der Waals surface area contributed by atoms with Crippen LogP contribution in [0.3, 0.4) is 0 Å². The van der Waals surface area contributed by atoms with E-state index in [9.17, 15) is 12.8 Å². The van der Waals surface area contributed by atoms with Crippen molar-refractivity contribution in [2.24, 2.45) is 0 Å². The molecule has 1 aromatic carbocycles. The van der Waals surface area contributed by atoms with E-state index in [1.165, 1.54) is 16.4 Å². The molecule has 8 heteroatoms. The first-order valence-corrected chi connectivity index (χ1v) is 8.57. The van der Waals surface area contributed by atoms with Gasteiger partial charge in [-0.3, -0.25) is 0 Å². The largest absolute Gasteiger partial charge is 0.339 e. The maximum atomic E-state index is 12.9. The average molecular weight is 323 g/mol. The van der Waals surface area contributed by atoms with Gasteiger partial charge in [0.15, 0.2) is 5.82 Å². The van der Waals surface area contributed by atoms with Gasteiger partial charge in [0.05, 0.1) is 10.8 Å². The fourth-order valence-electron chi connectivity index (χ4n) is 2.47. The zero-order valence-electron chi connectivity index (χ0n) is 11.6. The Kier molecular flexibility index (Phi) is 3.05. The van der Waals surface area contributed by atoms with E-state index < -0.39 is 15.8 Å². The molecule has 0 radical (unpaired) electrons. The van der Waals surface area contributed by atoms with E-state index in [1.807, 2.05) is 0 Å². The van der Waals surface area contributed by atoms with Crippen molar-refractivity contribution >= 4 is 10.0 Å². The fourth-order valence-corrected chi connectivity index (χ4v) is 4.00. The fraction of sp³-hybridized carbons (Fsp3) is 0.429. The predicted octanol–water partition coefficient (Wildman–Crippen LogP) is 1.87. The first-order valence-electron chi connectivity index (χ1n) is 7.13. The van der Waals surface area contributed by atoms with Crippen molar-refractivity contribution < 1.29 is 17.3 Å². The zero-order valence-corrected chi connectivity index (χ0v) is 12.5. The molecule has 0 amide bonds. The van der Waals surface area contributed by atoms with Crippen LogP contribution >= 0.6 is 0 Å². The molecule has 116 valence electrons. The van der Waals surface area contributed by atoms with Crippen LogP contribution in [0.25, 0.3) is 0 Å². The Morgan fingerprint density at radius 3 is 2.45 bits per heavy atom. The lowest BCUT2D eigenvalue weighted by Gasteiger charge is -2.35. The number of aromatic nitrogens is 2. The third kappa shape index (κ3) is 2.32. The number of benzene rings is 1. The van der Waals surface area contributed by atoms with Crippen molar-refractivity contribution in [3.8, 4) is 0 Å². The molecule has 22 heavy (non-hydrogen) atoms. The molecular formula is C14H14FN3O3S. The van der Waals surface area contributed by atoms with E-state index in [4.69, 9.17) is 4.52 Å². The lowest BCUT2D eigenvalue weighted by molar-refractivity contribution is 0.216. The smallest absolute Gasteiger partial charge is 0.243 e. The number of rotatable bonds is 4. The number of hydrogen-bond donors (Lipinski definition) is 0. The number of nitrogens with zero attached hydrogens (tertiary/aromatic N) is 3. The lowest BCUT2D eigenvalue weighted by Crippen LogP contribution is -2.48. The third-order valence-electron chi connectivity index (χ3n) is 4.05. The second-order valence-corrected chi connectivity index (χ2v) is 7.68. The summed E-state index contributed by atoms with van der Waals surface area (Å²) >= 11 is 0. The number of hydrogen-bond acceptors (Lipinski definition) is 5. The van der Waals surface area contributed by atoms with E-state index in [1.54, 1.807) is 0 Å². The summed E-state index contributed by atoms with van der Waals surface area (Å²) in [5.74, 6) is 1.13. The van der Waals surface area contributed by atoms with Gasteiger partial charge in [-0.25, -0.2) is 12.8 Å². The minimum atomic E-state index is -3.58. The monoisotopic (exact) mass is 323 g/mol. The van der Waals surface area contributed by atoms with Crippen molar-refractivity contribution in [3.05, 3.63) is 41.8 Å². The van der Waals surface area contributed by atoms with Crippen molar-refractivity contribution in [1.82, 2.24) is 14.4 Å². The van der Waals surface area contributed by atoms with Gasteiger partial charge in [0.1, 0.15) is 5.82 Å². The number of sulfonamides is 1. The van der Waals surface area contributed by atoms with Crippen LogP contribution < -0.4 is 0 Å². The van der Waals surface area contributed by atoms with Gasteiger partial charge in [-0.2, -0.15) is 9.29 Å². The minimum Gasteiger partial charge on any atom is -0.339 e. The van der Waals surface area contributed by atoms with E-state index in [0.29, 0.717) is 24.9 Å². The molecular weight excluding hydrogens is 309 g/mol. The van der Waals surface area contributed by atoms with Crippen molar-refractivity contribution in [1.29, 1.82) is 0 Å². The summed E-state index contributed by atoms with van der Waals surface area (Å²) in [6, 6.07) is 4.83. The van der Waals surface area contributed by atoms with Gasteiger partial charge >= 0.3 is 0 Å². The first kappa shape index (κ1) is 13.8. The Labute approximate surface area is 127 Å². The standard InChI is InChI=1S/C14H14FN3O3S/c15-11-3-5-12(6-4-11)22(19,20)18-7-10(8-18)14-16-13(17-21-14)9-1-2-9/h3-6,9-10H,1-2,7-8H2. The molecule has 0 unspecified atom stereocenters. The highest BCUT2D eigenvalue weighted by molar-refractivity contribution is 7.89. The summed E-state index contributed by atoms with van der Waals surface area (Å²) in [4.78, 5) is 4.44. The Bertz CT molecular complexity index is 793. The topological polar surface area (TPSA) is 76.3 Å². The maximum Gasteiger partial charge on any atom is 0.243 e. The Balaban J connectivity index is 1.46. The minimum absolute atomic E-state index is 0.0600. The highest BCUT2D eigenvalue weighted by Gasteiger charge is 2.41. The molecule has 1 saturated carbocycles. The Morgan fingerprint density at radius 1 is 1.14 bits per heavy atom. The van der Waals surface area contributed by atoms with Gasteiger partial charge in [0, 0.05) is 19.0 Å². The summed E-state index contributed by atoms with van der Waals surface area (Å²) in [7, 11) is -3.58. The highest BCUT2D eigenvalue weighted by Crippen LogP contribution is 2.39. The van der Waals surface area contributed by atoms with E-state index in [0.717, 1.165) is 30.8 Å². The zero-order chi connectivity index (χ0) is 15.3. The van der Waals surface area contributed by atoms with Crippen LogP contribution in [0.1, 0.15) is 36.4 Å². The molecule has 1 aromatic heterocycles. The van der Waals surface area contributed by atoms with E-state index in [2.05, 4.69) is 10.1 Å². The van der Waals surface area contributed by atoms with Crippen LogP contribution in [-0.2, 0) is 10.0 Å². The Morgan fingerprint density at radius 2 is 1.82 bits per heavy atom. The van der Waals surface area contributed by atoms with Crippen LogP contribution in [0.2, 0.25) is 0 Å². The highest BCUT2D eigenvalue weighted by atomic mass is 32.2. The second kappa shape index (κ2) is 4.85. The van der Waals surface area contributed by atoms with Crippen molar-refractivity contribution in [2.45, 2.75) is 29.6 Å². The molecule has 6 nitrogen and oxygen atoms in total. The number of halogens is 1. The molecule has 2 heterocycles. The third-order valence-corrected chi connectivity index (χ3v) is 5.89. The first-order chi connectivity index (χ1) is 10.5. The average Bonchev–Trinajstić information content (AvgIpc) is 3.17. The summed E-state index contributed by atoms with van der Waals surface area (Å²) in [5, 5.41) is 3.94. The van der Waals surface area contributed by atoms with Gasteiger partial charge < -0.3 is 4.52 Å². The van der Waals surface area contributed by atoms with Crippen molar-refractivity contribution in [2.75, 3.05) is 13.1 Å². The summed E-state index contributed by atoms with van der Waals surface area (Å²) in [5.41, 5.74) is 0. The van der Waals surface area contributed by atoms with Crippen LogP contribution in [0.4, 0.5) is 4.39 Å².